The van der Waals surface area contributed by atoms with Crippen LogP contribution in [-0.4, -0.2) is 29.5 Å². The molecule has 1 atom stereocenters. The van der Waals surface area contributed by atoms with E-state index in [1.54, 1.807) is 18.5 Å². The van der Waals surface area contributed by atoms with Gasteiger partial charge in [-0.25, -0.2) is 0 Å². The monoisotopic (exact) mass is 357 g/mol. The second kappa shape index (κ2) is 7.96. The topological polar surface area (TPSA) is 28.2 Å². The third-order valence-electron chi connectivity index (χ3n) is 4.09. The Kier molecular flexibility index (Phi) is 6.21. The molecule has 0 aliphatic carbocycles. The van der Waals surface area contributed by atoms with Crippen LogP contribution < -0.4 is 5.32 Å². The van der Waals surface area contributed by atoms with Crippen molar-refractivity contribution in [3.05, 3.63) is 65.5 Å². The van der Waals surface area contributed by atoms with Crippen molar-refractivity contribution >= 4 is 12.4 Å². The van der Waals surface area contributed by atoms with Gasteiger partial charge in [0.15, 0.2) is 0 Å². The standard InChI is InChI=1S/C17H18F3N3.ClH/c18-17(19,20)15-3-1-2-13(10-15)12-23-9-8-22-11-16(23)14-4-6-21-7-5-14;/h1-7,10,16,22H,8-9,11-12H2;1H. The Balaban J connectivity index is 0.00000208. The molecule has 2 aromatic rings. The van der Waals surface area contributed by atoms with Crippen molar-refractivity contribution in [2.45, 2.75) is 18.8 Å². The van der Waals surface area contributed by atoms with Crippen LogP contribution in [0.15, 0.2) is 48.8 Å². The molecule has 2 heterocycles. The highest BCUT2D eigenvalue weighted by molar-refractivity contribution is 5.85. The fraction of sp³-hybridized carbons (Fsp3) is 0.353. The molecule has 130 valence electrons. The molecule has 0 amide bonds. The van der Waals surface area contributed by atoms with Gasteiger partial charge in [0.05, 0.1) is 5.56 Å². The highest BCUT2D eigenvalue weighted by atomic mass is 35.5. The number of benzene rings is 1. The van der Waals surface area contributed by atoms with Crippen molar-refractivity contribution in [2.24, 2.45) is 0 Å². The van der Waals surface area contributed by atoms with E-state index in [4.69, 9.17) is 0 Å². The van der Waals surface area contributed by atoms with E-state index in [-0.39, 0.29) is 18.4 Å². The zero-order valence-corrected chi connectivity index (χ0v) is 13.8. The van der Waals surface area contributed by atoms with Gasteiger partial charge in [-0.1, -0.05) is 18.2 Å². The Morgan fingerprint density at radius 1 is 1.17 bits per heavy atom. The van der Waals surface area contributed by atoms with E-state index in [2.05, 4.69) is 15.2 Å². The van der Waals surface area contributed by atoms with Crippen molar-refractivity contribution in [2.75, 3.05) is 19.6 Å². The van der Waals surface area contributed by atoms with Crippen molar-refractivity contribution in [3.8, 4) is 0 Å². The number of aromatic nitrogens is 1. The van der Waals surface area contributed by atoms with Crippen LogP contribution in [0.25, 0.3) is 0 Å². The lowest BCUT2D eigenvalue weighted by atomic mass is 10.0. The molecule has 0 spiro atoms. The fourth-order valence-corrected chi connectivity index (χ4v) is 2.93. The SMILES string of the molecule is Cl.FC(F)(F)c1cccc(CN2CCNCC2c2ccncc2)c1. The van der Waals surface area contributed by atoms with Gasteiger partial charge < -0.3 is 5.32 Å². The Bertz CT molecular complexity index is 649. The van der Waals surface area contributed by atoms with E-state index in [9.17, 15) is 13.2 Å². The summed E-state index contributed by atoms with van der Waals surface area (Å²) in [4.78, 5) is 6.23. The number of rotatable bonds is 3. The van der Waals surface area contributed by atoms with E-state index in [1.165, 1.54) is 12.1 Å². The van der Waals surface area contributed by atoms with Gasteiger partial charge in [0.1, 0.15) is 0 Å². The van der Waals surface area contributed by atoms with Crippen LogP contribution in [0.4, 0.5) is 13.2 Å². The second-order valence-electron chi connectivity index (χ2n) is 5.67. The predicted molar refractivity (Wildman–Crippen MR) is 88.9 cm³/mol. The lowest BCUT2D eigenvalue weighted by Gasteiger charge is -2.36. The molecule has 0 saturated carbocycles. The summed E-state index contributed by atoms with van der Waals surface area (Å²) in [6.07, 6.45) is -0.817. The van der Waals surface area contributed by atoms with Gasteiger partial charge in [-0.2, -0.15) is 13.2 Å². The number of pyridine rings is 1. The summed E-state index contributed by atoms with van der Waals surface area (Å²) in [7, 11) is 0. The highest BCUT2D eigenvalue weighted by Gasteiger charge is 2.31. The number of alkyl halides is 3. The molecule has 7 heteroatoms. The molecular formula is C17H19ClF3N3. The number of hydrogen-bond donors (Lipinski definition) is 1. The molecule has 1 unspecified atom stereocenters. The molecule has 1 fully saturated rings. The first-order valence-electron chi connectivity index (χ1n) is 7.55. The number of nitrogens with one attached hydrogen (secondary N) is 1. The van der Waals surface area contributed by atoms with E-state index in [1.807, 2.05) is 12.1 Å². The summed E-state index contributed by atoms with van der Waals surface area (Å²) < 4.78 is 38.6. The maximum atomic E-state index is 12.9. The van der Waals surface area contributed by atoms with E-state index in [0.717, 1.165) is 31.3 Å². The van der Waals surface area contributed by atoms with E-state index in [0.29, 0.717) is 12.1 Å². The molecule has 3 rings (SSSR count). The number of hydrogen-bond acceptors (Lipinski definition) is 3. The van der Waals surface area contributed by atoms with E-state index >= 15 is 0 Å². The summed E-state index contributed by atoms with van der Waals surface area (Å²) in [6, 6.07) is 9.63. The molecule has 24 heavy (non-hydrogen) atoms. The lowest BCUT2D eigenvalue weighted by Crippen LogP contribution is -2.45. The average Bonchev–Trinajstić information content (AvgIpc) is 2.56. The van der Waals surface area contributed by atoms with Gasteiger partial charge >= 0.3 is 6.18 Å². The minimum absolute atomic E-state index is 0. The number of piperazine rings is 1. The molecule has 1 aromatic carbocycles. The van der Waals surface area contributed by atoms with Crippen LogP contribution in [0, 0.1) is 0 Å². The van der Waals surface area contributed by atoms with Crippen molar-refractivity contribution < 1.29 is 13.2 Å². The predicted octanol–water partition coefficient (Wildman–Crippen LogP) is 3.67. The minimum Gasteiger partial charge on any atom is -0.314 e. The van der Waals surface area contributed by atoms with Gasteiger partial charge in [-0.3, -0.25) is 9.88 Å². The minimum atomic E-state index is -4.30. The summed E-state index contributed by atoms with van der Waals surface area (Å²) in [5.74, 6) is 0. The largest absolute Gasteiger partial charge is 0.416 e. The maximum absolute atomic E-state index is 12.9. The quantitative estimate of drug-likeness (QED) is 0.908. The summed E-state index contributed by atoms with van der Waals surface area (Å²) in [5.41, 5.74) is 1.21. The third-order valence-corrected chi connectivity index (χ3v) is 4.09. The smallest absolute Gasteiger partial charge is 0.314 e. The van der Waals surface area contributed by atoms with Crippen LogP contribution in [0.1, 0.15) is 22.7 Å². The zero-order chi connectivity index (χ0) is 16.3. The van der Waals surface area contributed by atoms with Crippen LogP contribution in [0.3, 0.4) is 0 Å². The second-order valence-corrected chi connectivity index (χ2v) is 5.67. The first-order chi connectivity index (χ1) is 11.0. The van der Waals surface area contributed by atoms with Gasteiger partial charge in [0.25, 0.3) is 0 Å². The summed E-state index contributed by atoms with van der Waals surface area (Å²) >= 11 is 0. The summed E-state index contributed by atoms with van der Waals surface area (Å²) in [5, 5.41) is 3.34. The first kappa shape index (κ1) is 18.7. The van der Waals surface area contributed by atoms with Gasteiger partial charge in [0.2, 0.25) is 0 Å². The average molecular weight is 358 g/mol. The molecule has 1 aromatic heterocycles. The van der Waals surface area contributed by atoms with Crippen LogP contribution >= 0.6 is 12.4 Å². The van der Waals surface area contributed by atoms with Crippen LogP contribution in [-0.2, 0) is 12.7 Å². The molecule has 1 aliphatic rings. The maximum Gasteiger partial charge on any atom is 0.416 e. The Morgan fingerprint density at radius 2 is 1.92 bits per heavy atom. The van der Waals surface area contributed by atoms with Crippen LogP contribution in [0.5, 0.6) is 0 Å². The first-order valence-corrected chi connectivity index (χ1v) is 7.55. The Morgan fingerprint density at radius 3 is 2.62 bits per heavy atom. The van der Waals surface area contributed by atoms with Gasteiger partial charge in [-0.05, 0) is 29.3 Å². The lowest BCUT2D eigenvalue weighted by molar-refractivity contribution is -0.137. The Hall–Kier alpha value is -1.63. The molecule has 1 saturated heterocycles. The summed E-state index contributed by atoms with van der Waals surface area (Å²) in [6.45, 7) is 2.91. The highest BCUT2D eigenvalue weighted by Crippen LogP contribution is 2.30. The van der Waals surface area contributed by atoms with E-state index < -0.39 is 11.7 Å². The van der Waals surface area contributed by atoms with Crippen molar-refractivity contribution in [1.82, 2.24) is 15.2 Å². The van der Waals surface area contributed by atoms with Gasteiger partial charge in [0, 0.05) is 44.6 Å². The Labute approximate surface area is 145 Å². The van der Waals surface area contributed by atoms with Crippen molar-refractivity contribution in [1.29, 1.82) is 0 Å². The fourth-order valence-electron chi connectivity index (χ4n) is 2.93. The molecule has 1 N–H and O–H groups in total. The zero-order valence-electron chi connectivity index (χ0n) is 13.0. The molecule has 3 nitrogen and oxygen atoms in total. The third kappa shape index (κ3) is 4.47. The molecule has 0 bridgehead atoms. The molecule has 1 aliphatic heterocycles. The molecule has 0 radical (unpaired) electrons. The number of nitrogens with zero attached hydrogens (tertiary/aromatic N) is 2. The van der Waals surface area contributed by atoms with Crippen LogP contribution in [0.2, 0.25) is 0 Å². The van der Waals surface area contributed by atoms with Crippen molar-refractivity contribution in [3.63, 3.8) is 0 Å². The normalized spacial score (nSPS) is 18.9. The number of halogens is 4. The van der Waals surface area contributed by atoms with Gasteiger partial charge in [-0.15, -0.1) is 12.4 Å². The molecular weight excluding hydrogens is 339 g/mol.